The molecule has 0 heterocycles. The van der Waals surface area contributed by atoms with Crippen LogP contribution < -0.4 is 4.74 Å². The highest BCUT2D eigenvalue weighted by atomic mass is 16.5. The zero-order valence-corrected chi connectivity index (χ0v) is 18.2. The van der Waals surface area contributed by atoms with E-state index < -0.39 is 0 Å². The second-order valence-corrected chi connectivity index (χ2v) is 9.46. The maximum absolute atomic E-state index is 6.09. The van der Waals surface area contributed by atoms with Crippen LogP contribution in [0.25, 0.3) is 0 Å². The predicted octanol–water partition coefficient (Wildman–Crippen LogP) is 6.53. The van der Waals surface area contributed by atoms with Gasteiger partial charge < -0.3 is 9.47 Å². The van der Waals surface area contributed by atoms with E-state index in [1.807, 2.05) is 6.08 Å². The Bertz CT molecular complexity index is 706. The number of hydrogen-bond donors (Lipinski definition) is 0. The van der Waals surface area contributed by atoms with Gasteiger partial charge in [-0.15, -0.1) is 0 Å². The van der Waals surface area contributed by atoms with Crippen LogP contribution in [0.3, 0.4) is 0 Å². The third kappa shape index (κ3) is 5.15. The molecule has 1 aromatic carbocycles. The van der Waals surface area contributed by atoms with Gasteiger partial charge in [-0.1, -0.05) is 30.9 Å². The molecule has 1 aromatic rings. The normalized spacial score (nSPS) is 31.8. The molecule has 0 saturated heterocycles. The van der Waals surface area contributed by atoms with Crippen molar-refractivity contribution in [3.8, 4) is 5.75 Å². The molecule has 2 fully saturated rings. The molecule has 158 valence electrons. The van der Waals surface area contributed by atoms with Gasteiger partial charge in [0, 0.05) is 0 Å². The SMILES string of the molecule is C=CCOc1ccc2c(c1)CCC(C1CCC3CC(OC/C=C/C)CCC3C1)C2. The van der Waals surface area contributed by atoms with Gasteiger partial charge >= 0.3 is 0 Å². The van der Waals surface area contributed by atoms with Crippen LogP contribution >= 0.6 is 0 Å². The number of aryl methyl sites for hydroxylation is 1. The van der Waals surface area contributed by atoms with Crippen molar-refractivity contribution in [3.05, 3.63) is 54.1 Å². The molecular weight excluding hydrogens is 356 g/mol. The highest BCUT2D eigenvalue weighted by molar-refractivity contribution is 5.37. The standard InChI is InChI=1S/C27H38O2/c1-3-5-15-29-27-13-11-23-17-21(7-9-25(23)19-27)20-6-8-24-18-26(28-14-4-2)12-10-22(24)16-20/h3-5,10,12,18,20-21,23,25,27H,2,6-9,11,13-17,19H2,1H3/b5-3+. The number of ether oxygens (including phenoxy) is 2. The lowest BCUT2D eigenvalue weighted by Gasteiger charge is -2.44. The summed E-state index contributed by atoms with van der Waals surface area (Å²) in [6, 6.07) is 6.73. The first-order valence-electron chi connectivity index (χ1n) is 11.8. The van der Waals surface area contributed by atoms with Crippen LogP contribution in [0.15, 0.2) is 43.0 Å². The molecule has 0 N–H and O–H groups in total. The summed E-state index contributed by atoms with van der Waals surface area (Å²) in [4.78, 5) is 0. The fourth-order valence-corrected chi connectivity index (χ4v) is 6.16. The third-order valence-electron chi connectivity index (χ3n) is 7.75. The smallest absolute Gasteiger partial charge is 0.120 e. The van der Waals surface area contributed by atoms with Crippen molar-refractivity contribution in [1.29, 1.82) is 0 Å². The van der Waals surface area contributed by atoms with Gasteiger partial charge in [0.25, 0.3) is 0 Å². The zero-order valence-electron chi connectivity index (χ0n) is 18.2. The summed E-state index contributed by atoms with van der Waals surface area (Å²) in [5.74, 6) is 4.67. The average Bonchev–Trinajstić information content (AvgIpc) is 2.77. The van der Waals surface area contributed by atoms with Gasteiger partial charge in [-0.3, -0.25) is 0 Å². The maximum Gasteiger partial charge on any atom is 0.120 e. The summed E-state index contributed by atoms with van der Waals surface area (Å²) in [6.45, 7) is 7.20. The van der Waals surface area contributed by atoms with Crippen LogP contribution in [-0.4, -0.2) is 19.3 Å². The van der Waals surface area contributed by atoms with Crippen LogP contribution in [0.1, 0.15) is 63.0 Å². The topological polar surface area (TPSA) is 18.5 Å². The van der Waals surface area contributed by atoms with E-state index in [9.17, 15) is 0 Å². The highest BCUT2D eigenvalue weighted by Gasteiger charge is 2.38. The number of hydrogen-bond acceptors (Lipinski definition) is 2. The second kappa shape index (κ2) is 9.98. The Hall–Kier alpha value is -1.54. The lowest BCUT2D eigenvalue weighted by atomic mass is 9.62. The number of fused-ring (bicyclic) bond motifs is 2. The molecule has 0 aliphatic heterocycles. The Morgan fingerprint density at radius 1 is 0.931 bits per heavy atom. The van der Waals surface area contributed by atoms with Crippen molar-refractivity contribution in [2.75, 3.05) is 13.2 Å². The second-order valence-electron chi connectivity index (χ2n) is 9.46. The molecule has 5 unspecified atom stereocenters. The highest BCUT2D eigenvalue weighted by Crippen LogP contribution is 2.47. The first-order valence-corrected chi connectivity index (χ1v) is 11.8. The van der Waals surface area contributed by atoms with Crippen molar-refractivity contribution in [1.82, 2.24) is 0 Å². The van der Waals surface area contributed by atoms with Gasteiger partial charge in [0.1, 0.15) is 12.4 Å². The quantitative estimate of drug-likeness (QED) is 0.489. The summed E-state index contributed by atoms with van der Waals surface area (Å²) >= 11 is 0. The fraction of sp³-hybridized carbons (Fsp3) is 0.630. The third-order valence-corrected chi connectivity index (χ3v) is 7.75. The van der Waals surface area contributed by atoms with E-state index in [1.165, 1.54) is 63.4 Å². The zero-order chi connectivity index (χ0) is 20.1. The molecule has 29 heavy (non-hydrogen) atoms. The molecule has 0 radical (unpaired) electrons. The Morgan fingerprint density at radius 2 is 1.72 bits per heavy atom. The molecule has 0 spiro atoms. The van der Waals surface area contributed by atoms with E-state index in [0.717, 1.165) is 36.0 Å². The van der Waals surface area contributed by atoms with E-state index in [0.29, 0.717) is 12.7 Å². The minimum atomic E-state index is 0.503. The number of rotatable bonds is 7. The van der Waals surface area contributed by atoms with Crippen molar-refractivity contribution >= 4 is 0 Å². The lowest BCUT2D eigenvalue weighted by molar-refractivity contribution is -0.0138. The van der Waals surface area contributed by atoms with Crippen molar-refractivity contribution in [2.45, 2.75) is 70.8 Å². The summed E-state index contributed by atoms with van der Waals surface area (Å²) in [5, 5.41) is 0. The number of benzene rings is 1. The maximum atomic E-state index is 6.09. The minimum absolute atomic E-state index is 0.503. The molecule has 5 atom stereocenters. The van der Waals surface area contributed by atoms with Gasteiger partial charge in [0.05, 0.1) is 12.7 Å². The Labute approximate surface area is 177 Å². The van der Waals surface area contributed by atoms with E-state index in [4.69, 9.17) is 9.47 Å². The minimum Gasteiger partial charge on any atom is -0.490 e. The Kier molecular flexibility index (Phi) is 7.13. The predicted molar refractivity (Wildman–Crippen MR) is 120 cm³/mol. The molecule has 4 rings (SSSR count). The molecule has 3 aliphatic carbocycles. The van der Waals surface area contributed by atoms with E-state index in [-0.39, 0.29) is 0 Å². The fourth-order valence-electron chi connectivity index (χ4n) is 6.16. The molecule has 2 heteroatoms. The van der Waals surface area contributed by atoms with Gasteiger partial charge in [0.2, 0.25) is 0 Å². The monoisotopic (exact) mass is 394 g/mol. The van der Waals surface area contributed by atoms with Gasteiger partial charge in [0.15, 0.2) is 0 Å². The number of allylic oxidation sites excluding steroid dienone is 1. The van der Waals surface area contributed by atoms with E-state index in [1.54, 1.807) is 5.56 Å². The first kappa shape index (κ1) is 20.7. The summed E-state index contributed by atoms with van der Waals surface area (Å²) in [6.07, 6.45) is 18.7. The Balaban J connectivity index is 1.30. The van der Waals surface area contributed by atoms with Crippen molar-refractivity contribution < 1.29 is 9.47 Å². The first-order chi connectivity index (χ1) is 14.3. The Morgan fingerprint density at radius 3 is 2.55 bits per heavy atom. The van der Waals surface area contributed by atoms with Crippen LogP contribution in [0.4, 0.5) is 0 Å². The molecule has 2 saturated carbocycles. The lowest BCUT2D eigenvalue weighted by Crippen LogP contribution is -2.37. The van der Waals surface area contributed by atoms with Crippen LogP contribution in [-0.2, 0) is 17.6 Å². The van der Waals surface area contributed by atoms with Crippen molar-refractivity contribution in [2.24, 2.45) is 23.7 Å². The molecule has 2 nitrogen and oxygen atoms in total. The van der Waals surface area contributed by atoms with E-state index in [2.05, 4.69) is 43.9 Å². The molecular formula is C27H38O2. The summed E-state index contributed by atoms with van der Waals surface area (Å²) in [5.41, 5.74) is 3.07. The van der Waals surface area contributed by atoms with Crippen LogP contribution in [0, 0.1) is 23.7 Å². The summed E-state index contributed by atoms with van der Waals surface area (Å²) < 4.78 is 11.8. The largest absolute Gasteiger partial charge is 0.490 e. The average molecular weight is 395 g/mol. The van der Waals surface area contributed by atoms with Crippen molar-refractivity contribution in [3.63, 3.8) is 0 Å². The van der Waals surface area contributed by atoms with Gasteiger partial charge in [-0.25, -0.2) is 0 Å². The van der Waals surface area contributed by atoms with Crippen LogP contribution in [0.5, 0.6) is 5.75 Å². The summed E-state index contributed by atoms with van der Waals surface area (Å²) in [7, 11) is 0. The van der Waals surface area contributed by atoms with Crippen LogP contribution in [0.2, 0.25) is 0 Å². The van der Waals surface area contributed by atoms with E-state index >= 15 is 0 Å². The molecule has 0 amide bonds. The molecule has 3 aliphatic rings. The molecule has 0 aromatic heterocycles. The van der Waals surface area contributed by atoms with Gasteiger partial charge in [-0.2, -0.15) is 0 Å². The van der Waals surface area contributed by atoms with Gasteiger partial charge in [-0.05, 0) is 112 Å². The molecule has 0 bridgehead atoms.